The average molecular weight is 416 g/mol. The van der Waals surface area contributed by atoms with Crippen molar-refractivity contribution in [3.8, 4) is 11.5 Å². The number of carbonyl (C=O) groups excluding carboxylic acids is 1. The lowest BCUT2D eigenvalue weighted by Gasteiger charge is -2.12. The topological polar surface area (TPSA) is 93.7 Å². The normalized spacial score (nSPS) is 14.0. The largest absolute Gasteiger partial charge is 0.493 e. The first-order valence-electron chi connectivity index (χ1n) is 9.16. The second-order valence-corrected chi connectivity index (χ2v) is 8.52. The molecular weight excluding hydrogens is 392 g/mol. The molecule has 3 rings (SSSR count). The molecule has 0 saturated heterocycles. The average Bonchev–Trinajstić information content (AvgIpc) is 3.51. The molecule has 2 aromatic rings. The smallest absolute Gasteiger partial charge is 0.248 e. The van der Waals surface area contributed by atoms with Gasteiger partial charge in [0.1, 0.15) is 0 Å². The fourth-order valence-corrected chi connectivity index (χ4v) is 4.01. The summed E-state index contributed by atoms with van der Waals surface area (Å²) in [4.78, 5) is 12.5. The van der Waals surface area contributed by atoms with Crippen molar-refractivity contribution in [3.63, 3.8) is 0 Å². The number of hydrogen-bond acceptors (Lipinski definition) is 5. The lowest BCUT2D eigenvalue weighted by molar-refractivity contribution is -0.111. The Hall–Kier alpha value is -2.84. The van der Waals surface area contributed by atoms with Crippen molar-refractivity contribution in [2.45, 2.75) is 30.7 Å². The van der Waals surface area contributed by atoms with Gasteiger partial charge in [-0.05, 0) is 55.2 Å². The lowest BCUT2D eigenvalue weighted by atomic mass is 10.1. The van der Waals surface area contributed by atoms with Gasteiger partial charge in [0.05, 0.1) is 19.1 Å². The van der Waals surface area contributed by atoms with Crippen LogP contribution < -0.4 is 19.5 Å². The number of nitrogens with one attached hydrogen (secondary N) is 2. The van der Waals surface area contributed by atoms with Gasteiger partial charge >= 0.3 is 0 Å². The summed E-state index contributed by atoms with van der Waals surface area (Å²) in [6.07, 6.45) is 4.78. The van der Waals surface area contributed by atoms with E-state index in [9.17, 15) is 13.2 Å². The van der Waals surface area contributed by atoms with Gasteiger partial charge in [-0.3, -0.25) is 4.79 Å². The Morgan fingerprint density at radius 1 is 1.07 bits per heavy atom. The molecule has 154 valence electrons. The van der Waals surface area contributed by atoms with Gasteiger partial charge < -0.3 is 14.8 Å². The molecule has 1 amide bonds. The van der Waals surface area contributed by atoms with Crippen LogP contribution in [-0.4, -0.2) is 34.6 Å². The van der Waals surface area contributed by atoms with Gasteiger partial charge in [-0.2, -0.15) is 0 Å². The first-order chi connectivity index (χ1) is 13.8. The van der Waals surface area contributed by atoms with Crippen molar-refractivity contribution in [2.75, 3.05) is 19.5 Å². The lowest BCUT2D eigenvalue weighted by Crippen LogP contribution is -2.25. The number of rotatable bonds is 8. The quantitative estimate of drug-likeness (QED) is 0.645. The van der Waals surface area contributed by atoms with E-state index >= 15 is 0 Å². The molecule has 2 aromatic carbocycles. The molecule has 1 fully saturated rings. The van der Waals surface area contributed by atoms with Gasteiger partial charge in [-0.25, -0.2) is 13.1 Å². The summed E-state index contributed by atoms with van der Waals surface area (Å²) in [6.45, 7) is 1.86. The number of carbonyl (C=O) groups is 1. The summed E-state index contributed by atoms with van der Waals surface area (Å²) >= 11 is 0. The standard InChI is InChI=1S/C21H24N2O5S/c1-14-12-19(27-2)20(28-3)13-18(14)22-21(24)11-6-15-4-9-17(10-5-15)29(25,26)23-16-7-8-16/h4-6,9-13,16,23H,7-8H2,1-3H3,(H,22,24)/b11-6+. The van der Waals surface area contributed by atoms with Crippen LogP contribution in [-0.2, 0) is 14.8 Å². The Labute approximate surface area is 170 Å². The fourth-order valence-electron chi connectivity index (χ4n) is 2.71. The molecule has 0 heterocycles. The molecule has 0 radical (unpaired) electrons. The minimum absolute atomic E-state index is 0.0586. The second-order valence-electron chi connectivity index (χ2n) is 6.81. The van der Waals surface area contributed by atoms with E-state index in [1.807, 2.05) is 6.92 Å². The number of aryl methyl sites for hydroxylation is 1. The highest BCUT2D eigenvalue weighted by atomic mass is 32.2. The van der Waals surface area contributed by atoms with Crippen molar-refractivity contribution < 1.29 is 22.7 Å². The first kappa shape index (κ1) is 20.9. The van der Waals surface area contributed by atoms with Crippen LogP contribution in [0.15, 0.2) is 47.4 Å². The van der Waals surface area contributed by atoms with Crippen LogP contribution >= 0.6 is 0 Å². The summed E-state index contributed by atoms with van der Waals surface area (Å²) in [5.41, 5.74) is 2.17. The number of sulfonamides is 1. The molecule has 0 bridgehead atoms. The highest BCUT2D eigenvalue weighted by Crippen LogP contribution is 2.32. The first-order valence-corrected chi connectivity index (χ1v) is 10.6. The predicted octanol–water partition coefficient (Wildman–Crippen LogP) is 3.10. The van der Waals surface area contributed by atoms with Crippen LogP contribution in [0.3, 0.4) is 0 Å². The minimum Gasteiger partial charge on any atom is -0.493 e. The molecule has 0 aromatic heterocycles. The maximum Gasteiger partial charge on any atom is 0.248 e. The van der Waals surface area contributed by atoms with E-state index < -0.39 is 10.0 Å². The second kappa shape index (κ2) is 8.67. The molecule has 0 unspecified atom stereocenters. The van der Waals surface area contributed by atoms with Gasteiger partial charge in [-0.1, -0.05) is 12.1 Å². The molecule has 2 N–H and O–H groups in total. The van der Waals surface area contributed by atoms with E-state index in [1.54, 1.807) is 37.5 Å². The number of benzene rings is 2. The summed E-state index contributed by atoms with van der Waals surface area (Å²) in [5.74, 6) is 0.797. The zero-order valence-electron chi connectivity index (χ0n) is 16.6. The maximum absolute atomic E-state index is 12.3. The zero-order valence-corrected chi connectivity index (χ0v) is 17.4. The van der Waals surface area contributed by atoms with E-state index in [0.29, 0.717) is 17.2 Å². The molecule has 1 aliphatic rings. The van der Waals surface area contributed by atoms with Crippen molar-refractivity contribution in [1.29, 1.82) is 0 Å². The Morgan fingerprint density at radius 3 is 2.28 bits per heavy atom. The van der Waals surface area contributed by atoms with E-state index in [0.717, 1.165) is 24.0 Å². The third-order valence-corrected chi connectivity index (χ3v) is 6.04. The van der Waals surface area contributed by atoms with E-state index in [2.05, 4.69) is 10.0 Å². The molecule has 0 aliphatic heterocycles. The fraction of sp³-hybridized carbons (Fsp3) is 0.286. The number of amides is 1. The molecule has 1 aliphatic carbocycles. The maximum atomic E-state index is 12.3. The Morgan fingerprint density at radius 2 is 1.69 bits per heavy atom. The number of hydrogen-bond donors (Lipinski definition) is 2. The summed E-state index contributed by atoms with van der Waals surface area (Å²) in [5, 5.41) is 2.80. The van der Waals surface area contributed by atoms with Gasteiger partial charge in [0.15, 0.2) is 11.5 Å². The van der Waals surface area contributed by atoms with Gasteiger partial charge in [-0.15, -0.1) is 0 Å². The van der Waals surface area contributed by atoms with Crippen LogP contribution in [0.25, 0.3) is 6.08 Å². The predicted molar refractivity (Wildman–Crippen MR) is 112 cm³/mol. The zero-order chi connectivity index (χ0) is 21.0. The van der Waals surface area contributed by atoms with Crippen molar-refractivity contribution in [3.05, 3.63) is 53.6 Å². The summed E-state index contributed by atoms with van der Waals surface area (Å²) < 4.78 is 37.5. The monoisotopic (exact) mass is 416 g/mol. The SMILES string of the molecule is COc1cc(C)c(NC(=O)/C=C/c2ccc(S(=O)(=O)NC3CC3)cc2)cc1OC. The van der Waals surface area contributed by atoms with E-state index in [4.69, 9.17) is 9.47 Å². The van der Waals surface area contributed by atoms with Crippen molar-refractivity contribution in [2.24, 2.45) is 0 Å². The van der Waals surface area contributed by atoms with Gasteiger partial charge in [0, 0.05) is 23.9 Å². The van der Waals surface area contributed by atoms with E-state index in [1.165, 1.54) is 25.3 Å². The Kier molecular flexibility index (Phi) is 6.24. The minimum atomic E-state index is -3.48. The number of ether oxygens (including phenoxy) is 2. The molecule has 1 saturated carbocycles. The number of anilines is 1. The van der Waals surface area contributed by atoms with Gasteiger partial charge in [0.25, 0.3) is 0 Å². The van der Waals surface area contributed by atoms with Crippen LogP contribution in [0, 0.1) is 6.92 Å². The molecule has 0 spiro atoms. The molecule has 29 heavy (non-hydrogen) atoms. The number of methoxy groups -OCH3 is 2. The Balaban J connectivity index is 1.66. The van der Waals surface area contributed by atoms with Crippen LogP contribution in [0.1, 0.15) is 24.0 Å². The van der Waals surface area contributed by atoms with Crippen molar-refractivity contribution >= 4 is 27.7 Å². The molecule has 7 nitrogen and oxygen atoms in total. The van der Waals surface area contributed by atoms with Crippen LogP contribution in [0.5, 0.6) is 11.5 Å². The third-order valence-electron chi connectivity index (χ3n) is 4.51. The van der Waals surface area contributed by atoms with Crippen LogP contribution in [0.2, 0.25) is 0 Å². The molecular formula is C21H24N2O5S. The van der Waals surface area contributed by atoms with E-state index in [-0.39, 0.29) is 16.8 Å². The van der Waals surface area contributed by atoms with Gasteiger partial charge in [0.2, 0.25) is 15.9 Å². The highest BCUT2D eigenvalue weighted by molar-refractivity contribution is 7.89. The highest BCUT2D eigenvalue weighted by Gasteiger charge is 2.27. The summed E-state index contributed by atoms with van der Waals surface area (Å²) in [6, 6.07) is 9.92. The van der Waals surface area contributed by atoms with Crippen molar-refractivity contribution in [1.82, 2.24) is 4.72 Å². The molecule has 0 atom stereocenters. The Bertz CT molecular complexity index is 1030. The summed E-state index contributed by atoms with van der Waals surface area (Å²) in [7, 11) is -0.396. The molecule has 8 heteroatoms. The third kappa shape index (κ3) is 5.36. The van der Waals surface area contributed by atoms with Crippen LogP contribution in [0.4, 0.5) is 5.69 Å².